The van der Waals surface area contributed by atoms with Crippen molar-refractivity contribution in [3.63, 3.8) is 0 Å². The quantitative estimate of drug-likeness (QED) is 0.182. The Morgan fingerprint density at radius 1 is 0.456 bits per heavy atom. The maximum Gasteiger partial charge on any atom is 0.253 e. The molecule has 0 bridgehead atoms. The van der Waals surface area contributed by atoms with Gasteiger partial charge in [-0.15, -0.1) is 5.10 Å². The molecule has 266 valence electrons. The highest BCUT2D eigenvalue weighted by atomic mass is 15.3. The van der Waals surface area contributed by atoms with Gasteiger partial charge >= 0.3 is 0 Å². The van der Waals surface area contributed by atoms with Gasteiger partial charge in [-0.05, 0) is 104 Å². The van der Waals surface area contributed by atoms with E-state index in [-0.39, 0.29) is 5.41 Å². The Labute approximate surface area is 328 Å². The zero-order chi connectivity index (χ0) is 37.6. The summed E-state index contributed by atoms with van der Waals surface area (Å²) in [5, 5.41) is 11.3. The number of hydrogen-bond donors (Lipinski definition) is 0. The Morgan fingerprint density at radius 3 is 1.95 bits per heavy atom. The zero-order valence-electron chi connectivity index (χ0n) is 31.3. The van der Waals surface area contributed by atoms with E-state index in [1.807, 2.05) is 4.52 Å². The minimum absolute atomic E-state index is 0.102. The van der Waals surface area contributed by atoms with E-state index in [9.17, 15) is 0 Å². The molecule has 0 fully saturated rings. The van der Waals surface area contributed by atoms with Crippen LogP contribution in [-0.4, -0.2) is 24.1 Å². The van der Waals surface area contributed by atoms with Crippen molar-refractivity contribution in [2.75, 3.05) is 0 Å². The number of aromatic nitrogens is 5. The maximum atomic E-state index is 5.22. The molecule has 5 heteroatoms. The summed E-state index contributed by atoms with van der Waals surface area (Å²) < 4.78 is 4.31. The van der Waals surface area contributed by atoms with Crippen LogP contribution in [-0.2, 0) is 5.41 Å². The van der Waals surface area contributed by atoms with Crippen LogP contribution in [0.4, 0.5) is 0 Å². The molecule has 2 aliphatic rings. The van der Waals surface area contributed by atoms with E-state index in [2.05, 4.69) is 182 Å². The van der Waals surface area contributed by atoms with E-state index < -0.39 is 0 Å². The van der Waals surface area contributed by atoms with Gasteiger partial charge in [-0.25, -0.2) is 4.98 Å². The molecule has 2 aliphatic carbocycles. The van der Waals surface area contributed by atoms with Gasteiger partial charge in [0.25, 0.3) is 5.78 Å². The van der Waals surface area contributed by atoms with Crippen LogP contribution in [0.15, 0.2) is 164 Å². The fourth-order valence-electron chi connectivity index (χ4n) is 10.1. The van der Waals surface area contributed by atoms with Crippen LogP contribution in [0.3, 0.4) is 0 Å². The van der Waals surface area contributed by atoms with Crippen molar-refractivity contribution in [2.45, 2.75) is 19.3 Å². The van der Waals surface area contributed by atoms with Gasteiger partial charge < -0.3 is 4.57 Å². The number of fused-ring (bicyclic) bond motifs is 9. The molecule has 3 heterocycles. The molecule has 0 N–H and O–H groups in total. The summed E-state index contributed by atoms with van der Waals surface area (Å²) in [5.41, 5.74) is 17.7. The Kier molecular flexibility index (Phi) is 5.91. The zero-order valence-corrected chi connectivity index (χ0v) is 31.3. The third kappa shape index (κ3) is 4.05. The van der Waals surface area contributed by atoms with Crippen LogP contribution in [0, 0.1) is 0 Å². The minimum atomic E-state index is -0.102. The second-order valence-corrected chi connectivity index (χ2v) is 16.0. The van der Waals surface area contributed by atoms with Crippen molar-refractivity contribution in [1.82, 2.24) is 24.1 Å². The molecule has 3 aromatic heterocycles. The third-order valence-electron chi connectivity index (χ3n) is 12.7. The van der Waals surface area contributed by atoms with E-state index in [1.54, 1.807) is 0 Å². The van der Waals surface area contributed by atoms with Gasteiger partial charge in [-0.1, -0.05) is 129 Å². The van der Waals surface area contributed by atoms with Crippen molar-refractivity contribution < 1.29 is 0 Å². The Morgan fingerprint density at radius 2 is 1.11 bits per heavy atom. The first-order valence-electron chi connectivity index (χ1n) is 19.6. The lowest BCUT2D eigenvalue weighted by Gasteiger charge is -2.22. The second kappa shape index (κ2) is 10.9. The summed E-state index contributed by atoms with van der Waals surface area (Å²) in [4.78, 5) is 10.3. The highest BCUT2D eigenvalue weighted by molar-refractivity contribution is 6.30. The summed E-state index contributed by atoms with van der Waals surface area (Å²) in [6.07, 6.45) is 0. The molecule has 0 aliphatic heterocycles. The Bertz CT molecular complexity index is 3550. The average Bonchev–Trinajstić information content (AvgIpc) is 3.89. The molecule has 0 unspecified atom stereocenters. The lowest BCUT2D eigenvalue weighted by Crippen LogP contribution is -2.15. The highest BCUT2D eigenvalue weighted by Gasteiger charge is 2.35. The van der Waals surface area contributed by atoms with E-state index in [0.29, 0.717) is 11.6 Å². The van der Waals surface area contributed by atoms with Crippen LogP contribution in [0.25, 0.3) is 111 Å². The van der Waals surface area contributed by atoms with Crippen molar-refractivity contribution in [2.24, 2.45) is 0 Å². The molecule has 0 spiro atoms. The molecule has 0 radical (unpaired) electrons. The first kappa shape index (κ1) is 30.9. The molecule has 0 saturated heterocycles. The van der Waals surface area contributed by atoms with Crippen LogP contribution in [0.5, 0.6) is 0 Å². The van der Waals surface area contributed by atoms with Gasteiger partial charge in [0.1, 0.15) is 0 Å². The molecule has 11 aromatic rings. The van der Waals surface area contributed by atoms with Gasteiger partial charge in [-0.2, -0.15) is 9.50 Å². The normalized spacial score (nSPS) is 13.6. The Balaban J connectivity index is 0.951. The Hall–Kier alpha value is -7.37. The number of nitrogens with zero attached hydrogens (tertiary/aromatic N) is 5. The number of rotatable bonds is 3. The van der Waals surface area contributed by atoms with Crippen LogP contribution in [0.1, 0.15) is 25.0 Å². The molecule has 0 saturated carbocycles. The lowest BCUT2D eigenvalue weighted by atomic mass is 9.82. The fraction of sp³-hybridized carbons (Fsp3) is 0.0577. The molecule has 13 rings (SSSR count). The fourth-order valence-corrected chi connectivity index (χ4v) is 10.1. The molecule has 5 nitrogen and oxygen atoms in total. The maximum absolute atomic E-state index is 5.22. The molecule has 57 heavy (non-hydrogen) atoms. The van der Waals surface area contributed by atoms with E-state index >= 15 is 0 Å². The van der Waals surface area contributed by atoms with Crippen molar-refractivity contribution in [3.05, 3.63) is 175 Å². The SMILES string of the molecule is CC1(C)c2ccccc2-c2ccc(-c3nc4nc(-c5ccc(-n6c7cccc8c7c7c9c(cccc9ccc76)-c6ccccc6-8)cc5)nn4c4ccccc34)cc21. The van der Waals surface area contributed by atoms with Gasteiger partial charge in [0.2, 0.25) is 0 Å². The van der Waals surface area contributed by atoms with E-state index in [0.717, 1.165) is 33.4 Å². The monoisotopic (exact) mass is 727 g/mol. The minimum Gasteiger partial charge on any atom is -0.309 e. The predicted octanol–water partition coefficient (Wildman–Crippen LogP) is 12.8. The molecule has 8 aromatic carbocycles. The number of benzene rings is 8. The lowest BCUT2D eigenvalue weighted by molar-refractivity contribution is 0.660. The molecule has 0 atom stereocenters. The van der Waals surface area contributed by atoms with Crippen LogP contribution < -0.4 is 0 Å². The van der Waals surface area contributed by atoms with Gasteiger partial charge in [-0.3, -0.25) is 0 Å². The van der Waals surface area contributed by atoms with Crippen LogP contribution >= 0.6 is 0 Å². The molecular weight excluding hydrogens is 695 g/mol. The van der Waals surface area contributed by atoms with Crippen molar-refractivity contribution >= 4 is 49.3 Å². The van der Waals surface area contributed by atoms with Gasteiger partial charge in [0, 0.05) is 38.4 Å². The summed E-state index contributed by atoms with van der Waals surface area (Å²) in [5.74, 6) is 1.23. The summed E-state index contributed by atoms with van der Waals surface area (Å²) >= 11 is 0. The van der Waals surface area contributed by atoms with Crippen molar-refractivity contribution in [3.8, 4) is 61.7 Å². The largest absolute Gasteiger partial charge is 0.309 e. The highest BCUT2D eigenvalue weighted by Crippen LogP contribution is 2.51. The topological polar surface area (TPSA) is 48.0 Å². The molecule has 0 amide bonds. The standard InChI is InChI=1S/C52H33N5/c1-52(2)41-18-7-5-14-36(41)37-27-23-32(29-42(37)52)49-40-15-6-8-19-43(40)57-51(53-49)54-50(55-57)31-21-25-33(26-22-31)56-44-20-10-17-39-35-13-4-3-12-34(35)38-16-9-11-30-24-28-45(56)48(46(30)38)47(39)44/h3-29H,1-2H3. The summed E-state index contributed by atoms with van der Waals surface area (Å²) in [7, 11) is 0. The molecular formula is C52H33N5. The second-order valence-electron chi connectivity index (χ2n) is 16.0. The van der Waals surface area contributed by atoms with E-state index in [1.165, 1.54) is 77.1 Å². The number of hydrogen-bond acceptors (Lipinski definition) is 3. The first-order valence-corrected chi connectivity index (χ1v) is 19.6. The predicted molar refractivity (Wildman–Crippen MR) is 233 cm³/mol. The van der Waals surface area contributed by atoms with Crippen LogP contribution in [0.2, 0.25) is 0 Å². The smallest absolute Gasteiger partial charge is 0.253 e. The first-order chi connectivity index (χ1) is 28.0. The van der Waals surface area contributed by atoms with Gasteiger partial charge in [0.15, 0.2) is 5.82 Å². The number of para-hydroxylation sites is 1. The average molecular weight is 728 g/mol. The summed E-state index contributed by atoms with van der Waals surface area (Å²) in [6.45, 7) is 4.64. The van der Waals surface area contributed by atoms with Gasteiger partial charge in [0.05, 0.1) is 22.2 Å². The third-order valence-corrected chi connectivity index (χ3v) is 12.7. The van der Waals surface area contributed by atoms with E-state index in [4.69, 9.17) is 15.1 Å². The summed E-state index contributed by atoms with van der Waals surface area (Å²) in [6, 6.07) is 59.5. The van der Waals surface area contributed by atoms with Crippen molar-refractivity contribution in [1.29, 1.82) is 0 Å².